The van der Waals surface area contributed by atoms with Crippen LogP contribution in [0.25, 0.3) is 0 Å². The second kappa shape index (κ2) is 4.76. The van der Waals surface area contributed by atoms with Gasteiger partial charge in [-0.1, -0.05) is 6.07 Å². The smallest absolute Gasteiger partial charge is 0.266 e. The second-order valence-corrected chi connectivity index (χ2v) is 5.05. The van der Waals surface area contributed by atoms with Crippen LogP contribution in [0.3, 0.4) is 0 Å². The number of thiophene rings is 1. The number of pyridine rings is 1. The van der Waals surface area contributed by atoms with Gasteiger partial charge in [0.2, 0.25) is 0 Å². The number of nitrogens with zero attached hydrogens (tertiary/aromatic N) is 1. The summed E-state index contributed by atoms with van der Waals surface area (Å²) in [5, 5.41) is 4.62. The van der Waals surface area contributed by atoms with Gasteiger partial charge in [-0.05, 0) is 45.9 Å². The van der Waals surface area contributed by atoms with E-state index in [1.54, 1.807) is 12.3 Å². The molecule has 0 saturated carbocycles. The molecule has 2 heterocycles. The Bertz CT molecular complexity index is 511. The molecule has 0 aliphatic rings. The van der Waals surface area contributed by atoms with E-state index in [2.05, 4.69) is 26.2 Å². The van der Waals surface area contributed by atoms with Gasteiger partial charge >= 0.3 is 0 Å². The third-order valence-corrected chi connectivity index (χ3v) is 3.73. The molecule has 0 atom stereocenters. The van der Waals surface area contributed by atoms with Crippen molar-refractivity contribution in [1.82, 2.24) is 4.98 Å². The predicted molar refractivity (Wildman–Crippen MR) is 68.9 cm³/mol. The van der Waals surface area contributed by atoms with E-state index in [-0.39, 0.29) is 5.91 Å². The number of carbonyl (C=O) groups excluding carboxylic acids is 1. The Balaban J connectivity index is 2.15. The fourth-order valence-electron chi connectivity index (χ4n) is 1.19. The van der Waals surface area contributed by atoms with Crippen molar-refractivity contribution in [3.63, 3.8) is 0 Å². The Morgan fingerprint density at radius 3 is 3.00 bits per heavy atom. The molecule has 0 unspecified atom stereocenters. The lowest BCUT2D eigenvalue weighted by Gasteiger charge is -2.04. The number of amides is 1. The van der Waals surface area contributed by atoms with Gasteiger partial charge in [-0.15, -0.1) is 11.3 Å². The molecule has 1 amide bonds. The highest BCUT2D eigenvalue weighted by Gasteiger charge is 2.07. The number of carbonyl (C=O) groups is 1. The van der Waals surface area contributed by atoms with Gasteiger partial charge in [0.05, 0.1) is 4.88 Å². The molecule has 0 aliphatic heterocycles. The highest BCUT2D eigenvalue weighted by Crippen LogP contribution is 2.18. The van der Waals surface area contributed by atoms with Gasteiger partial charge in [0.15, 0.2) is 0 Å². The monoisotopic (exact) mass is 296 g/mol. The third-order valence-electron chi connectivity index (χ3n) is 2.03. The van der Waals surface area contributed by atoms with Crippen LogP contribution in [0.1, 0.15) is 15.2 Å². The number of hydrogen-bond donors (Lipinski definition) is 1. The molecule has 3 nitrogen and oxygen atoms in total. The van der Waals surface area contributed by atoms with E-state index in [1.165, 1.54) is 11.3 Å². The normalized spacial score (nSPS) is 10.1. The first-order valence-corrected chi connectivity index (χ1v) is 6.31. The van der Waals surface area contributed by atoms with E-state index >= 15 is 0 Å². The first-order chi connectivity index (χ1) is 7.66. The lowest BCUT2D eigenvalue weighted by atomic mass is 10.3. The number of aryl methyl sites for hydroxylation is 1. The molecule has 5 heteroatoms. The highest BCUT2D eigenvalue weighted by molar-refractivity contribution is 9.10. The maximum Gasteiger partial charge on any atom is 0.266 e. The summed E-state index contributed by atoms with van der Waals surface area (Å²) in [6, 6.07) is 5.46. The first-order valence-electron chi connectivity index (χ1n) is 4.64. The number of aromatic nitrogens is 1. The van der Waals surface area contributed by atoms with Crippen molar-refractivity contribution < 1.29 is 4.79 Å². The summed E-state index contributed by atoms with van der Waals surface area (Å²) in [4.78, 5) is 16.5. The van der Waals surface area contributed by atoms with Crippen LogP contribution in [0.5, 0.6) is 0 Å². The summed E-state index contributed by atoms with van der Waals surface area (Å²) in [5.74, 6) is 0.448. The fourth-order valence-corrected chi connectivity index (χ4v) is 2.03. The molecule has 0 aliphatic carbocycles. The molecule has 0 bridgehead atoms. The number of rotatable bonds is 2. The van der Waals surface area contributed by atoms with Crippen LogP contribution < -0.4 is 5.32 Å². The molecular weight excluding hydrogens is 288 g/mol. The zero-order valence-corrected chi connectivity index (χ0v) is 10.9. The molecule has 0 saturated heterocycles. The maximum atomic E-state index is 11.7. The molecule has 2 aromatic heterocycles. The van der Waals surface area contributed by atoms with Crippen molar-refractivity contribution in [2.24, 2.45) is 0 Å². The fraction of sp³-hybridized carbons (Fsp3) is 0.0909. The van der Waals surface area contributed by atoms with Crippen LogP contribution in [-0.2, 0) is 0 Å². The molecule has 0 fully saturated rings. The molecule has 0 aromatic carbocycles. The minimum Gasteiger partial charge on any atom is -0.306 e. The zero-order chi connectivity index (χ0) is 11.5. The van der Waals surface area contributed by atoms with E-state index in [0.29, 0.717) is 10.7 Å². The average molecular weight is 297 g/mol. The van der Waals surface area contributed by atoms with Gasteiger partial charge in [-0.25, -0.2) is 4.98 Å². The largest absolute Gasteiger partial charge is 0.306 e. The van der Waals surface area contributed by atoms with Crippen LogP contribution >= 0.6 is 27.3 Å². The second-order valence-electron chi connectivity index (χ2n) is 3.25. The molecule has 2 aromatic rings. The standard InChI is InChI=1S/C11H9BrN2OS/c1-7-5-10(13-6-8(7)12)14-11(15)9-3-2-4-16-9/h2-6H,1H3,(H,13,14,15). The lowest BCUT2D eigenvalue weighted by molar-refractivity contribution is 0.103. The summed E-state index contributed by atoms with van der Waals surface area (Å²) in [5.41, 5.74) is 1.04. The van der Waals surface area contributed by atoms with E-state index in [4.69, 9.17) is 0 Å². The van der Waals surface area contributed by atoms with E-state index < -0.39 is 0 Å². The molecule has 82 valence electrons. The number of hydrogen-bond acceptors (Lipinski definition) is 3. The van der Waals surface area contributed by atoms with E-state index in [9.17, 15) is 4.79 Å². The number of halogens is 1. The molecule has 2 rings (SSSR count). The van der Waals surface area contributed by atoms with Crippen LogP contribution in [-0.4, -0.2) is 10.9 Å². The Hall–Kier alpha value is -1.20. The summed E-state index contributed by atoms with van der Waals surface area (Å²) in [7, 11) is 0. The van der Waals surface area contributed by atoms with Crippen LogP contribution in [0.15, 0.2) is 34.2 Å². The third kappa shape index (κ3) is 2.48. The molecule has 0 spiro atoms. The first kappa shape index (κ1) is 11.3. The van der Waals surface area contributed by atoms with Gasteiger partial charge in [0, 0.05) is 10.7 Å². The van der Waals surface area contributed by atoms with Crippen molar-refractivity contribution in [3.05, 3.63) is 44.7 Å². The number of anilines is 1. The summed E-state index contributed by atoms with van der Waals surface area (Å²) >= 11 is 4.77. The Morgan fingerprint density at radius 2 is 2.38 bits per heavy atom. The SMILES string of the molecule is Cc1cc(NC(=O)c2cccs2)ncc1Br. The average Bonchev–Trinajstić information content (AvgIpc) is 2.77. The minimum absolute atomic E-state index is 0.121. The Labute approximate surface area is 106 Å². The van der Waals surface area contributed by atoms with E-state index in [0.717, 1.165) is 10.0 Å². The van der Waals surface area contributed by atoms with Gasteiger partial charge in [-0.2, -0.15) is 0 Å². The van der Waals surface area contributed by atoms with Crippen LogP contribution in [0, 0.1) is 6.92 Å². The summed E-state index contributed by atoms with van der Waals surface area (Å²) in [6.07, 6.45) is 1.68. The van der Waals surface area contributed by atoms with Crippen molar-refractivity contribution in [2.75, 3.05) is 5.32 Å². The zero-order valence-electron chi connectivity index (χ0n) is 8.53. The van der Waals surface area contributed by atoms with Crippen molar-refractivity contribution in [2.45, 2.75) is 6.92 Å². The van der Waals surface area contributed by atoms with Gasteiger partial charge in [0.25, 0.3) is 5.91 Å². The van der Waals surface area contributed by atoms with Gasteiger partial charge < -0.3 is 5.32 Å². The minimum atomic E-state index is -0.121. The van der Waals surface area contributed by atoms with Crippen molar-refractivity contribution in [3.8, 4) is 0 Å². The summed E-state index contributed by atoms with van der Waals surface area (Å²) in [6.45, 7) is 1.95. The topological polar surface area (TPSA) is 42.0 Å². The molecule has 16 heavy (non-hydrogen) atoms. The Morgan fingerprint density at radius 1 is 1.56 bits per heavy atom. The highest BCUT2D eigenvalue weighted by atomic mass is 79.9. The van der Waals surface area contributed by atoms with Crippen LogP contribution in [0.4, 0.5) is 5.82 Å². The maximum absolute atomic E-state index is 11.7. The predicted octanol–water partition coefficient (Wildman–Crippen LogP) is 3.47. The van der Waals surface area contributed by atoms with Gasteiger partial charge in [-0.3, -0.25) is 4.79 Å². The van der Waals surface area contributed by atoms with Crippen LogP contribution in [0.2, 0.25) is 0 Å². The molecule has 0 radical (unpaired) electrons. The number of nitrogens with one attached hydrogen (secondary N) is 1. The summed E-state index contributed by atoms with van der Waals surface area (Å²) < 4.78 is 0.932. The lowest BCUT2D eigenvalue weighted by Crippen LogP contribution is -2.11. The van der Waals surface area contributed by atoms with Crippen molar-refractivity contribution in [1.29, 1.82) is 0 Å². The Kier molecular flexibility index (Phi) is 3.36. The quantitative estimate of drug-likeness (QED) is 0.922. The molecule has 1 N–H and O–H groups in total. The van der Waals surface area contributed by atoms with Gasteiger partial charge in [0.1, 0.15) is 5.82 Å². The molecular formula is C11H9BrN2OS. The van der Waals surface area contributed by atoms with Crippen molar-refractivity contribution >= 4 is 39.0 Å². The van der Waals surface area contributed by atoms with E-state index in [1.807, 2.05) is 24.4 Å².